The molecule has 1 heterocycles. The predicted octanol–water partition coefficient (Wildman–Crippen LogP) is 2.23. The van der Waals surface area contributed by atoms with E-state index in [9.17, 15) is 19.5 Å². The van der Waals surface area contributed by atoms with Crippen LogP contribution in [0.5, 0.6) is 0 Å². The Labute approximate surface area is 193 Å². The summed E-state index contributed by atoms with van der Waals surface area (Å²) in [6.45, 7) is 4.70. The normalized spacial score (nSPS) is 20.4. The number of hydrogen-bond donors (Lipinski definition) is 1. The zero-order valence-corrected chi connectivity index (χ0v) is 18.7. The number of carbonyl (C=O) groups excluding carboxylic acids is 3. The summed E-state index contributed by atoms with van der Waals surface area (Å²) in [5, 5.41) is 14.3. The number of carboxylic acids is 1. The maximum absolute atomic E-state index is 13.3. The molecule has 0 spiro atoms. The Morgan fingerprint density at radius 3 is 2.21 bits per heavy atom. The third-order valence-electron chi connectivity index (χ3n) is 6.51. The fourth-order valence-electron chi connectivity index (χ4n) is 4.61. The molecule has 1 aliphatic carbocycles. The number of nitrogens with one attached hydrogen (secondary N) is 1. The summed E-state index contributed by atoms with van der Waals surface area (Å²) in [6, 6.07) is 15.1. The van der Waals surface area contributed by atoms with Crippen LogP contribution in [0.15, 0.2) is 60.7 Å². The van der Waals surface area contributed by atoms with Crippen molar-refractivity contribution in [2.75, 3.05) is 36.4 Å². The molecule has 33 heavy (non-hydrogen) atoms. The maximum atomic E-state index is 13.3. The lowest BCUT2D eigenvalue weighted by Gasteiger charge is -2.37. The number of carboxylic acid groups (broad SMARTS) is 1. The van der Waals surface area contributed by atoms with Gasteiger partial charge in [-0.15, -0.1) is 0 Å². The van der Waals surface area contributed by atoms with Crippen molar-refractivity contribution in [1.29, 1.82) is 0 Å². The fraction of sp³-hybridized carbons (Fsp3) is 0.346. The van der Waals surface area contributed by atoms with Crippen LogP contribution in [0.4, 0.5) is 11.4 Å². The highest BCUT2D eigenvalue weighted by molar-refractivity contribution is 6.04. The molecule has 0 unspecified atom stereocenters. The van der Waals surface area contributed by atoms with E-state index < -0.39 is 23.7 Å². The Balaban J connectivity index is 1.45. The van der Waals surface area contributed by atoms with Gasteiger partial charge in [-0.05, 0) is 43.5 Å². The minimum absolute atomic E-state index is 0.143. The van der Waals surface area contributed by atoms with Crippen LogP contribution in [-0.2, 0) is 9.59 Å². The van der Waals surface area contributed by atoms with Gasteiger partial charge in [-0.25, -0.2) is 0 Å². The Morgan fingerprint density at radius 1 is 0.879 bits per heavy atom. The first-order chi connectivity index (χ1) is 16.0. The molecule has 7 heteroatoms. The van der Waals surface area contributed by atoms with Crippen molar-refractivity contribution in [3.63, 3.8) is 0 Å². The van der Waals surface area contributed by atoms with Crippen molar-refractivity contribution < 1.29 is 19.5 Å². The average molecular weight is 447 g/mol. The first kappa shape index (κ1) is 22.6. The summed E-state index contributed by atoms with van der Waals surface area (Å²) in [6.07, 6.45) is 4.18. The lowest BCUT2D eigenvalue weighted by atomic mass is 9.82. The number of para-hydroxylation sites is 2. The number of amides is 2. The molecule has 1 fully saturated rings. The second-order valence-electron chi connectivity index (χ2n) is 8.58. The summed E-state index contributed by atoms with van der Waals surface area (Å²) in [4.78, 5) is 41.7. The third kappa shape index (κ3) is 4.92. The van der Waals surface area contributed by atoms with Gasteiger partial charge in [-0.1, -0.05) is 42.5 Å². The van der Waals surface area contributed by atoms with Crippen molar-refractivity contribution in [2.45, 2.75) is 19.8 Å². The molecule has 2 amide bonds. The smallest absolute Gasteiger partial charge is 0.256 e. The largest absolute Gasteiger partial charge is 0.550 e. The van der Waals surface area contributed by atoms with Gasteiger partial charge in [-0.2, -0.15) is 0 Å². The van der Waals surface area contributed by atoms with Gasteiger partial charge in [-0.3, -0.25) is 9.59 Å². The summed E-state index contributed by atoms with van der Waals surface area (Å²) in [7, 11) is 0. The highest BCUT2D eigenvalue weighted by atomic mass is 16.4. The van der Waals surface area contributed by atoms with E-state index in [0.717, 1.165) is 13.1 Å². The van der Waals surface area contributed by atoms with Crippen molar-refractivity contribution >= 4 is 29.2 Å². The van der Waals surface area contributed by atoms with Crippen molar-refractivity contribution in [3.8, 4) is 0 Å². The zero-order valence-electron chi connectivity index (χ0n) is 18.7. The molecule has 1 aliphatic heterocycles. The fourth-order valence-corrected chi connectivity index (χ4v) is 4.61. The first-order valence-electron chi connectivity index (χ1n) is 11.3. The topological polar surface area (TPSA) is 92.8 Å². The van der Waals surface area contributed by atoms with E-state index >= 15 is 0 Å². The highest BCUT2D eigenvalue weighted by Crippen LogP contribution is 2.28. The number of anilines is 2. The van der Waals surface area contributed by atoms with Crippen LogP contribution in [-0.4, -0.2) is 48.9 Å². The van der Waals surface area contributed by atoms with E-state index in [1.807, 2.05) is 18.2 Å². The highest BCUT2D eigenvalue weighted by Gasteiger charge is 2.31. The quantitative estimate of drug-likeness (QED) is 0.711. The van der Waals surface area contributed by atoms with Crippen LogP contribution in [0.25, 0.3) is 0 Å². The Bertz CT molecular complexity index is 1070. The number of hydrogen-bond acceptors (Lipinski definition) is 5. The van der Waals surface area contributed by atoms with Crippen molar-refractivity contribution in [1.82, 2.24) is 4.90 Å². The van der Waals surface area contributed by atoms with E-state index in [4.69, 9.17) is 0 Å². The standard InChI is InChI=1S/C26H29N3O4/c1-18-8-2-7-13-23(18)28-14-16-29(17-15-28)25(31)21-11-5-6-12-22(21)27-24(30)19-9-3-4-10-20(19)26(32)33/h2-8,11-13,19-20H,9-10,14-17H2,1H3,(H,27,30)(H,32,33)/p-1/t19-,20+/m0/s1. The van der Waals surface area contributed by atoms with Gasteiger partial charge in [0.05, 0.1) is 17.2 Å². The summed E-state index contributed by atoms with van der Waals surface area (Å²) < 4.78 is 0. The molecule has 2 aromatic carbocycles. The monoisotopic (exact) mass is 446 g/mol. The number of nitrogens with zero attached hydrogens (tertiary/aromatic N) is 2. The molecule has 2 aliphatic rings. The second kappa shape index (κ2) is 9.90. The average Bonchev–Trinajstić information content (AvgIpc) is 2.84. The van der Waals surface area contributed by atoms with Crippen LogP contribution in [0.1, 0.15) is 28.8 Å². The summed E-state index contributed by atoms with van der Waals surface area (Å²) in [5.74, 6) is -3.36. The minimum atomic E-state index is -1.23. The number of aliphatic carboxylic acids is 1. The van der Waals surface area contributed by atoms with E-state index in [0.29, 0.717) is 30.8 Å². The summed E-state index contributed by atoms with van der Waals surface area (Å²) in [5.41, 5.74) is 3.20. The van der Waals surface area contributed by atoms with Gasteiger partial charge in [0, 0.05) is 43.8 Å². The molecule has 0 aromatic heterocycles. The maximum Gasteiger partial charge on any atom is 0.256 e. The number of benzene rings is 2. The Kier molecular flexibility index (Phi) is 6.77. The molecule has 2 aromatic rings. The Morgan fingerprint density at radius 2 is 1.52 bits per heavy atom. The van der Waals surface area contributed by atoms with E-state index in [1.54, 1.807) is 35.2 Å². The van der Waals surface area contributed by atoms with Crippen molar-refractivity contribution in [2.24, 2.45) is 11.8 Å². The number of aryl methyl sites for hydroxylation is 1. The van der Waals surface area contributed by atoms with E-state index in [2.05, 4.69) is 29.3 Å². The molecule has 7 nitrogen and oxygen atoms in total. The lowest BCUT2D eigenvalue weighted by molar-refractivity contribution is -0.313. The molecule has 2 atom stereocenters. The number of carbonyl (C=O) groups is 3. The van der Waals surface area contributed by atoms with Gasteiger partial charge in [0.2, 0.25) is 5.91 Å². The molecule has 4 rings (SSSR count). The third-order valence-corrected chi connectivity index (χ3v) is 6.51. The molecule has 0 radical (unpaired) electrons. The number of rotatable bonds is 5. The van der Waals surface area contributed by atoms with Crippen LogP contribution >= 0.6 is 0 Å². The van der Waals surface area contributed by atoms with Gasteiger partial charge in [0.1, 0.15) is 0 Å². The van der Waals surface area contributed by atoms with Crippen LogP contribution in [0.2, 0.25) is 0 Å². The molecular formula is C26H28N3O4-. The van der Waals surface area contributed by atoms with Crippen LogP contribution < -0.4 is 15.3 Å². The van der Waals surface area contributed by atoms with E-state index in [1.165, 1.54) is 11.3 Å². The summed E-state index contributed by atoms with van der Waals surface area (Å²) >= 11 is 0. The predicted molar refractivity (Wildman–Crippen MR) is 125 cm³/mol. The molecule has 1 saturated heterocycles. The Hall–Kier alpha value is -3.61. The van der Waals surface area contributed by atoms with Crippen LogP contribution in [0, 0.1) is 18.8 Å². The molecule has 1 N–H and O–H groups in total. The molecule has 172 valence electrons. The van der Waals surface area contributed by atoms with Crippen molar-refractivity contribution in [3.05, 3.63) is 71.8 Å². The number of allylic oxidation sites excluding steroid dienone is 2. The molecule has 0 saturated carbocycles. The van der Waals surface area contributed by atoms with E-state index in [-0.39, 0.29) is 12.3 Å². The lowest BCUT2D eigenvalue weighted by Crippen LogP contribution is -2.49. The van der Waals surface area contributed by atoms with Gasteiger partial charge >= 0.3 is 0 Å². The van der Waals surface area contributed by atoms with Gasteiger partial charge < -0.3 is 25.0 Å². The molecule has 0 bridgehead atoms. The first-order valence-corrected chi connectivity index (χ1v) is 11.3. The SMILES string of the molecule is Cc1ccccc1N1CCN(C(=O)c2ccccc2NC(=O)[C@H]2CC=CC[C@H]2C(=O)[O-])CC1. The minimum Gasteiger partial charge on any atom is -0.550 e. The molecular weight excluding hydrogens is 418 g/mol. The van der Waals surface area contributed by atoms with Gasteiger partial charge in [0.15, 0.2) is 0 Å². The zero-order chi connectivity index (χ0) is 23.4. The number of piperazine rings is 1. The van der Waals surface area contributed by atoms with Crippen LogP contribution in [0.3, 0.4) is 0 Å². The van der Waals surface area contributed by atoms with Gasteiger partial charge in [0.25, 0.3) is 5.91 Å². The second-order valence-corrected chi connectivity index (χ2v) is 8.58.